The Balaban J connectivity index is 1.76. The normalized spacial score (nSPS) is 11.7. The van der Waals surface area contributed by atoms with Crippen LogP contribution in [0.25, 0.3) is 5.69 Å². The summed E-state index contributed by atoms with van der Waals surface area (Å²) in [5.41, 5.74) is 3.77. The second-order valence-corrected chi connectivity index (χ2v) is 7.45. The first kappa shape index (κ1) is 19.8. The molecule has 1 atom stereocenters. The van der Waals surface area contributed by atoms with Crippen LogP contribution in [-0.4, -0.2) is 21.6 Å². The van der Waals surface area contributed by atoms with Gasteiger partial charge in [-0.15, -0.1) is 0 Å². The summed E-state index contributed by atoms with van der Waals surface area (Å²) in [5.74, 6) is -0.330. The van der Waals surface area contributed by atoms with Gasteiger partial charge in [-0.2, -0.15) is 5.10 Å². The number of carbonyl (C=O) groups is 2. The highest BCUT2D eigenvalue weighted by Gasteiger charge is 2.18. The molecule has 6 nitrogen and oxygen atoms in total. The first-order chi connectivity index (χ1) is 13.3. The zero-order chi connectivity index (χ0) is 20.3. The van der Waals surface area contributed by atoms with Crippen molar-refractivity contribution in [2.75, 3.05) is 5.32 Å². The molecule has 0 aliphatic rings. The van der Waals surface area contributed by atoms with Crippen LogP contribution in [-0.2, 0) is 4.79 Å². The van der Waals surface area contributed by atoms with E-state index in [1.807, 2.05) is 62.4 Å². The van der Waals surface area contributed by atoms with Gasteiger partial charge in [0.15, 0.2) is 0 Å². The molecule has 3 rings (SSSR count). The van der Waals surface area contributed by atoms with Crippen LogP contribution < -0.4 is 10.6 Å². The van der Waals surface area contributed by atoms with E-state index in [2.05, 4.69) is 31.7 Å². The van der Waals surface area contributed by atoms with E-state index in [1.54, 1.807) is 10.9 Å². The highest BCUT2D eigenvalue weighted by Crippen LogP contribution is 2.20. The predicted octanol–water partition coefficient (Wildman–Crippen LogP) is 4.39. The molecule has 1 heterocycles. The van der Waals surface area contributed by atoms with Crippen molar-refractivity contribution in [3.63, 3.8) is 0 Å². The largest absolute Gasteiger partial charge is 0.345 e. The molecular formula is C21H21BrN4O2. The maximum atomic E-state index is 12.8. The van der Waals surface area contributed by atoms with E-state index in [4.69, 9.17) is 0 Å². The summed E-state index contributed by atoms with van der Waals surface area (Å²) >= 11 is 3.42. The molecule has 2 amide bonds. The van der Waals surface area contributed by atoms with E-state index in [0.717, 1.165) is 21.4 Å². The van der Waals surface area contributed by atoms with Crippen LogP contribution >= 0.6 is 15.9 Å². The van der Waals surface area contributed by atoms with Gasteiger partial charge in [0.05, 0.1) is 29.2 Å². The van der Waals surface area contributed by atoms with E-state index >= 15 is 0 Å². The van der Waals surface area contributed by atoms with E-state index in [9.17, 15) is 9.59 Å². The Labute approximate surface area is 172 Å². The van der Waals surface area contributed by atoms with Crippen LogP contribution in [0, 0.1) is 6.92 Å². The molecule has 0 fully saturated rings. The van der Waals surface area contributed by atoms with Crippen LogP contribution in [0.5, 0.6) is 0 Å². The van der Waals surface area contributed by atoms with Crippen molar-refractivity contribution in [2.24, 2.45) is 0 Å². The molecule has 1 aromatic heterocycles. The third-order valence-corrected chi connectivity index (χ3v) is 4.91. The number of hydrogen-bond donors (Lipinski definition) is 2. The second-order valence-electron chi connectivity index (χ2n) is 6.53. The molecule has 0 aliphatic heterocycles. The quantitative estimate of drug-likeness (QED) is 0.617. The van der Waals surface area contributed by atoms with Gasteiger partial charge in [-0.1, -0.05) is 28.1 Å². The average Bonchev–Trinajstić information content (AvgIpc) is 3.03. The van der Waals surface area contributed by atoms with Gasteiger partial charge in [0.25, 0.3) is 5.91 Å². The van der Waals surface area contributed by atoms with Gasteiger partial charge in [-0.25, -0.2) is 4.68 Å². The molecular weight excluding hydrogens is 420 g/mol. The summed E-state index contributed by atoms with van der Waals surface area (Å²) in [6.07, 6.45) is 1.58. The van der Waals surface area contributed by atoms with Gasteiger partial charge in [-0.3, -0.25) is 9.59 Å². The van der Waals surface area contributed by atoms with Crippen LogP contribution in [0.2, 0.25) is 0 Å². The van der Waals surface area contributed by atoms with Gasteiger partial charge in [0, 0.05) is 17.1 Å². The Bertz CT molecular complexity index is 1010. The highest BCUT2D eigenvalue weighted by molar-refractivity contribution is 9.10. The number of benzene rings is 2. The Morgan fingerprint density at radius 2 is 1.86 bits per heavy atom. The van der Waals surface area contributed by atoms with Crippen molar-refractivity contribution in [3.8, 4) is 5.69 Å². The molecule has 2 N–H and O–H groups in total. The molecule has 1 unspecified atom stereocenters. The summed E-state index contributed by atoms with van der Waals surface area (Å²) in [7, 11) is 0. The minimum absolute atomic E-state index is 0.134. The molecule has 2 aromatic carbocycles. The number of nitrogens with one attached hydrogen (secondary N) is 2. The van der Waals surface area contributed by atoms with Crippen molar-refractivity contribution in [2.45, 2.75) is 26.8 Å². The number of rotatable bonds is 5. The zero-order valence-electron chi connectivity index (χ0n) is 15.9. The average molecular weight is 441 g/mol. The fourth-order valence-electron chi connectivity index (χ4n) is 2.92. The molecule has 7 heteroatoms. The lowest BCUT2D eigenvalue weighted by atomic mass is 10.1. The second kappa shape index (κ2) is 8.39. The molecule has 0 radical (unpaired) electrons. The van der Waals surface area contributed by atoms with Gasteiger partial charge < -0.3 is 10.6 Å². The highest BCUT2D eigenvalue weighted by atomic mass is 79.9. The van der Waals surface area contributed by atoms with Gasteiger partial charge in [-0.05, 0) is 55.8 Å². The van der Waals surface area contributed by atoms with E-state index in [-0.39, 0.29) is 17.9 Å². The number of halogens is 1. The summed E-state index contributed by atoms with van der Waals surface area (Å²) in [6, 6.07) is 14.9. The first-order valence-corrected chi connectivity index (χ1v) is 9.63. The third-order valence-electron chi connectivity index (χ3n) is 4.38. The van der Waals surface area contributed by atoms with Crippen molar-refractivity contribution in [1.29, 1.82) is 0 Å². The lowest BCUT2D eigenvalue weighted by Crippen LogP contribution is -2.27. The van der Waals surface area contributed by atoms with Gasteiger partial charge in [0.2, 0.25) is 5.91 Å². The maximum absolute atomic E-state index is 12.8. The number of aromatic nitrogens is 2. The number of hydrogen-bond acceptors (Lipinski definition) is 3. The van der Waals surface area contributed by atoms with Crippen LogP contribution in [0.3, 0.4) is 0 Å². The van der Waals surface area contributed by atoms with Gasteiger partial charge >= 0.3 is 0 Å². The molecule has 0 saturated carbocycles. The predicted molar refractivity (Wildman–Crippen MR) is 113 cm³/mol. The van der Waals surface area contributed by atoms with Crippen molar-refractivity contribution >= 4 is 33.4 Å². The number of nitrogens with zero attached hydrogens (tertiary/aromatic N) is 2. The number of amides is 2. The van der Waals surface area contributed by atoms with Crippen LogP contribution in [0.15, 0.2) is 59.2 Å². The topological polar surface area (TPSA) is 76.0 Å². The lowest BCUT2D eigenvalue weighted by molar-refractivity contribution is -0.114. The Kier molecular flexibility index (Phi) is 5.94. The Hall–Kier alpha value is -2.93. The summed E-state index contributed by atoms with van der Waals surface area (Å²) < 4.78 is 2.72. The molecule has 0 spiro atoms. The standard InChI is InChI=1S/C21H21BrN4O2/c1-13(16-5-4-6-18(11-16)25-15(3)27)24-21(28)20-12-23-26(14(20)2)19-9-7-17(22)8-10-19/h4-13H,1-3H3,(H,24,28)(H,25,27). The van der Waals surface area contributed by atoms with Gasteiger partial charge in [0.1, 0.15) is 0 Å². The monoisotopic (exact) mass is 440 g/mol. The van der Waals surface area contributed by atoms with Crippen LogP contribution in [0.4, 0.5) is 5.69 Å². The van der Waals surface area contributed by atoms with E-state index in [0.29, 0.717) is 11.3 Å². The van der Waals surface area contributed by atoms with Crippen LogP contribution in [0.1, 0.15) is 41.5 Å². The molecule has 28 heavy (non-hydrogen) atoms. The van der Waals surface area contributed by atoms with E-state index in [1.165, 1.54) is 6.92 Å². The maximum Gasteiger partial charge on any atom is 0.255 e. The third kappa shape index (κ3) is 4.48. The zero-order valence-corrected chi connectivity index (χ0v) is 17.4. The molecule has 0 bridgehead atoms. The smallest absolute Gasteiger partial charge is 0.255 e. The minimum atomic E-state index is -0.225. The molecule has 0 aliphatic carbocycles. The van der Waals surface area contributed by atoms with Crippen molar-refractivity contribution < 1.29 is 9.59 Å². The summed E-state index contributed by atoms with van der Waals surface area (Å²) in [6.45, 7) is 5.23. The first-order valence-electron chi connectivity index (χ1n) is 8.84. The Morgan fingerprint density at radius 1 is 1.14 bits per heavy atom. The fraction of sp³-hybridized carbons (Fsp3) is 0.190. The minimum Gasteiger partial charge on any atom is -0.345 e. The molecule has 144 valence electrons. The van der Waals surface area contributed by atoms with E-state index < -0.39 is 0 Å². The van der Waals surface area contributed by atoms with Crippen molar-refractivity contribution in [1.82, 2.24) is 15.1 Å². The van der Waals surface area contributed by atoms with Crippen molar-refractivity contribution in [3.05, 3.63) is 76.0 Å². The molecule has 0 saturated heterocycles. The lowest BCUT2D eigenvalue weighted by Gasteiger charge is -2.15. The Morgan fingerprint density at radius 3 is 2.54 bits per heavy atom. The number of anilines is 1. The number of carbonyl (C=O) groups excluding carboxylic acids is 2. The fourth-order valence-corrected chi connectivity index (χ4v) is 3.19. The SMILES string of the molecule is CC(=O)Nc1cccc(C(C)NC(=O)c2cnn(-c3ccc(Br)cc3)c2C)c1. The summed E-state index contributed by atoms with van der Waals surface area (Å²) in [4.78, 5) is 24.0. The summed E-state index contributed by atoms with van der Waals surface area (Å²) in [5, 5.41) is 10.1. The molecule has 3 aromatic rings.